The lowest BCUT2D eigenvalue weighted by Crippen LogP contribution is -2.50. The molecule has 1 aromatic rings. The lowest BCUT2D eigenvalue weighted by molar-refractivity contribution is 0.0642. The van der Waals surface area contributed by atoms with Crippen molar-refractivity contribution in [2.75, 3.05) is 32.4 Å². The number of carbonyl (C=O) groups excluding carboxylic acids is 3. The summed E-state index contributed by atoms with van der Waals surface area (Å²) in [7, 11) is -3.26. The molecule has 4 rings (SSSR count). The Morgan fingerprint density at radius 1 is 1.00 bits per heavy atom. The Hall–Kier alpha value is -2.26. The molecule has 8 nitrogen and oxygen atoms in total. The first-order valence-corrected chi connectivity index (χ1v) is 10.4. The Kier molecular flexibility index (Phi) is 3.89. The molecule has 1 aromatic carbocycles. The number of sulfonamides is 1. The molecule has 138 valence electrons. The van der Waals surface area contributed by atoms with Crippen LogP contribution >= 0.6 is 0 Å². The maximum Gasteiger partial charge on any atom is 0.261 e. The van der Waals surface area contributed by atoms with E-state index in [-0.39, 0.29) is 42.4 Å². The maximum atomic E-state index is 12.7. The minimum absolute atomic E-state index is 0.00868. The SMILES string of the molecule is CS(=O)(=O)N1CCN(C(=O)c2ccc3c(c2)C(=O)N(C2CC2)C3=O)CC1. The summed E-state index contributed by atoms with van der Waals surface area (Å²) < 4.78 is 24.5. The Labute approximate surface area is 151 Å². The van der Waals surface area contributed by atoms with E-state index in [9.17, 15) is 22.8 Å². The van der Waals surface area contributed by atoms with E-state index in [1.807, 2.05) is 0 Å². The Balaban J connectivity index is 1.52. The molecule has 3 amide bonds. The second kappa shape index (κ2) is 5.88. The number of benzene rings is 1. The van der Waals surface area contributed by atoms with Crippen LogP contribution in [-0.2, 0) is 10.0 Å². The van der Waals surface area contributed by atoms with Crippen LogP contribution in [0.2, 0.25) is 0 Å². The Morgan fingerprint density at radius 2 is 1.62 bits per heavy atom. The number of hydrogen-bond acceptors (Lipinski definition) is 5. The van der Waals surface area contributed by atoms with Gasteiger partial charge in [-0.3, -0.25) is 19.3 Å². The molecule has 1 aliphatic carbocycles. The lowest BCUT2D eigenvalue weighted by Gasteiger charge is -2.33. The summed E-state index contributed by atoms with van der Waals surface area (Å²) in [4.78, 5) is 40.4. The molecular weight excluding hydrogens is 358 g/mol. The van der Waals surface area contributed by atoms with Gasteiger partial charge in [-0.2, -0.15) is 4.31 Å². The first-order valence-electron chi connectivity index (χ1n) is 8.53. The highest BCUT2D eigenvalue weighted by molar-refractivity contribution is 7.88. The third-order valence-electron chi connectivity index (χ3n) is 5.07. The summed E-state index contributed by atoms with van der Waals surface area (Å²) in [5.41, 5.74) is 0.971. The number of carbonyl (C=O) groups is 3. The zero-order chi connectivity index (χ0) is 18.6. The summed E-state index contributed by atoms with van der Waals surface area (Å²) >= 11 is 0. The molecule has 0 aromatic heterocycles. The molecule has 3 aliphatic rings. The van der Waals surface area contributed by atoms with Gasteiger partial charge in [0.25, 0.3) is 17.7 Å². The zero-order valence-electron chi connectivity index (χ0n) is 14.3. The van der Waals surface area contributed by atoms with Crippen molar-refractivity contribution in [2.24, 2.45) is 0 Å². The van der Waals surface area contributed by atoms with Crippen LogP contribution in [0.15, 0.2) is 18.2 Å². The molecule has 2 aliphatic heterocycles. The van der Waals surface area contributed by atoms with E-state index in [0.29, 0.717) is 24.2 Å². The number of rotatable bonds is 3. The molecule has 0 unspecified atom stereocenters. The van der Waals surface area contributed by atoms with Crippen molar-refractivity contribution in [1.29, 1.82) is 0 Å². The van der Waals surface area contributed by atoms with Crippen LogP contribution in [0.5, 0.6) is 0 Å². The molecule has 1 saturated heterocycles. The fourth-order valence-electron chi connectivity index (χ4n) is 3.46. The fourth-order valence-corrected chi connectivity index (χ4v) is 4.29. The van der Waals surface area contributed by atoms with Crippen molar-refractivity contribution in [3.8, 4) is 0 Å². The smallest absolute Gasteiger partial charge is 0.261 e. The molecule has 26 heavy (non-hydrogen) atoms. The quantitative estimate of drug-likeness (QED) is 0.700. The molecule has 1 saturated carbocycles. The Bertz CT molecular complexity index is 914. The van der Waals surface area contributed by atoms with Crippen LogP contribution in [0.1, 0.15) is 43.9 Å². The predicted octanol–water partition coefficient (Wildman–Crippen LogP) is 0.162. The minimum atomic E-state index is -3.26. The highest BCUT2D eigenvalue weighted by atomic mass is 32.2. The average molecular weight is 377 g/mol. The van der Waals surface area contributed by atoms with E-state index in [4.69, 9.17) is 0 Å². The van der Waals surface area contributed by atoms with Gasteiger partial charge in [0.05, 0.1) is 17.4 Å². The van der Waals surface area contributed by atoms with Crippen molar-refractivity contribution in [2.45, 2.75) is 18.9 Å². The topological polar surface area (TPSA) is 95.1 Å². The summed E-state index contributed by atoms with van der Waals surface area (Å²) in [5, 5.41) is 0. The number of nitrogens with zero attached hydrogens (tertiary/aromatic N) is 3. The van der Waals surface area contributed by atoms with Gasteiger partial charge >= 0.3 is 0 Å². The predicted molar refractivity (Wildman–Crippen MR) is 92.3 cm³/mol. The third-order valence-corrected chi connectivity index (χ3v) is 6.38. The van der Waals surface area contributed by atoms with Gasteiger partial charge in [0.2, 0.25) is 10.0 Å². The number of amides is 3. The van der Waals surface area contributed by atoms with Crippen molar-refractivity contribution >= 4 is 27.7 Å². The van der Waals surface area contributed by atoms with Crippen molar-refractivity contribution < 1.29 is 22.8 Å². The average Bonchev–Trinajstić information content (AvgIpc) is 3.41. The molecule has 2 fully saturated rings. The van der Waals surface area contributed by atoms with Crippen LogP contribution in [0, 0.1) is 0 Å². The summed E-state index contributed by atoms with van der Waals surface area (Å²) in [5.74, 6) is -0.872. The van der Waals surface area contributed by atoms with Gasteiger partial charge in [-0.1, -0.05) is 0 Å². The van der Waals surface area contributed by atoms with Gasteiger partial charge in [0.15, 0.2) is 0 Å². The summed E-state index contributed by atoms with van der Waals surface area (Å²) in [6.07, 6.45) is 2.82. The maximum absolute atomic E-state index is 12.7. The van der Waals surface area contributed by atoms with Gasteiger partial charge in [-0.25, -0.2) is 8.42 Å². The normalized spacial score (nSPS) is 21.3. The highest BCUT2D eigenvalue weighted by Crippen LogP contribution is 2.35. The van der Waals surface area contributed by atoms with Crippen molar-refractivity contribution in [3.05, 3.63) is 34.9 Å². The van der Waals surface area contributed by atoms with Crippen molar-refractivity contribution in [1.82, 2.24) is 14.1 Å². The van der Waals surface area contributed by atoms with E-state index in [1.165, 1.54) is 21.3 Å². The van der Waals surface area contributed by atoms with Crippen LogP contribution in [-0.4, -0.2) is 78.7 Å². The largest absolute Gasteiger partial charge is 0.336 e. The first kappa shape index (κ1) is 17.2. The van der Waals surface area contributed by atoms with Gasteiger partial charge in [-0.15, -0.1) is 0 Å². The molecular formula is C17H19N3O5S. The zero-order valence-corrected chi connectivity index (χ0v) is 15.2. The molecule has 0 spiro atoms. The second-order valence-electron chi connectivity index (χ2n) is 6.93. The van der Waals surface area contributed by atoms with Crippen LogP contribution in [0.4, 0.5) is 0 Å². The van der Waals surface area contributed by atoms with Gasteiger partial charge in [-0.05, 0) is 31.0 Å². The monoisotopic (exact) mass is 377 g/mol. The van der Waals surface area contributed by atoms with Crippen LogP contribution < -0.4 is 0 Å². The Morgan fingerprint density at radius 3 is 2.19 bits per heavy atom. The molecule has 0 radical (unpaired) electrons. The molecule has 0 N–H and O–H groups in total. The van der Waals surface area contributed by atoms with E-state index in [1.54, 1.807) is 11.0 Å². The van der Waals surface area contributed by atoms with E-state index >= 15 is 0 Å². The van der Waals surface area contributed by atoms with Gasteiger partial charge in [0.1, 0.15) is 0 Å². The molecule has 0 atom stereocenters. The fraction of sp³-hybridized carbons (Fsp3) is 0.471. The van der Waals surface area contributed by atoms with E-state index < -0.39 is 10.0 Å². The number of fused-ring (bicyclic) bond motifs is 1. The second-order valence-corrected chi connectivity index (χ2v) is 8.91. The number of hydrogen-bond donors (Lipinski definition) is 0. The van der Waals surface area contributed by atoms with Gasteiger partial charge in [0, 0.05) is 37.8 Å². The lowest BCUT2D eigenvalue weighted by atomic mass is 10.0. The van der Waals surface area contributed by atoms with Crippen LogP contribution in [0.3, 0.4) is 0 Å². The first-order chi connectivity index (χ1) is 12.3. The number of imide groups is 1. The van der Waals surface area contributed by atoms with Crippen molar-refractivity contribution in [3.63, 3.8) is 0 Å². The summed E-state index contributed by atoms with van der Waals surface area (Å²) in [6, 6.07) is 4.58. The molecule has 9 heteroatoms. The third kappa shape index (κ3) is 2.80. The number of piperazine rings is 1. The molecule has 2 heterocycles. The standard InChI is InChI=1S/C17H19N3O5S/c1-26(24,25)19-8-6-18(7-9-19)15(21)11-2-5-13-14(10-11)17(23)20(16(13)22)12-3-4-12/h2,5,10,12H,3-4,6-9H2,1H3. The van der Waals surface area contributed by atoms with E-state index in [0.717, 1.165) is 19.1 Å². The van der Waals surface area contributed by atoms with Gasteiger partial charge < -0.3 is 4.90 Å². The summed E-state index contributed by atoms with van der Waals surface area (Å²) in [6.45, 7) is 1.10. The van der Waals surface area contributed by atoms with Crippen LogP contribution in [0.25, 0.3) is 0 Å². The van der Waals surface area contributed by atoms with E-state index in [2.05, 4.69) is 0 Å². The highest BCUT2D eigenvalue weighted by Gasteiger charge is 2.44. The molecule has 0 bridgehead atoms. The minimum Gasteiger partial charge on any atom is -0.336 e.